The van der Waals surface area contributed by atoms with Crippen molar-refractivity contribution in [3.8, 4) is 0 Å². The van der Waals surface area contributed by atoms with Crippen LogP contribution in [0, 0.1) is 13.8 Å². The number of nitrogens with zero attached hydrogens (tertiary/aromatic N) is 8. The Morgan fingerprint density at radius 1 is 0.657 bits per heavy atom. The summed E-state index contributed by atoms with van der Waals surface area (Å²) in [5.41, 5.74) is 12.8. The minimum absolute atomic E-state index is 0.117. The molecule has 0 unspecified atom stereocenters. The van der Waals surface area contributed by atoms with E-state index in [-0.39, 0.29) is 17.0 Å². The van der Waals surface area contributed by atoms with Gasteiger partial charge in [-0.3, -0.25) is 29.0 Å². The molecule has 19 heteroatoms. The first-order valence-corrected chi connectivity index (χ1v) is 23.2. The van der Waals surface area contributed by atoms with E-state index in [0.717, 1.165) is 162 Å². The van der Waals surface area contributed by atoms with Gasteiger partial charge in [-0.15, -0.1) is 0 Å². The van der Waals surface area contributed by atoms with E-state index in [4.69, 9.17) is 31.8 Å². The molecule has 6 aromatic heterocycles. The highest BCUT2D eigenvalue weighted by Gasteiger charge is 2.24. The molecule has 4 saturated heterocycles. The molecule has 0 spiro atoms. The molecule has 0 radical (unpaired) electrons. The molecule has 67 heavy (non-hydrogen) atoms. The summed E-state index contributed by atoms with van der Waals surface area (Å²) in [7, 11) is 0. The van der Waals surface area contributed by atoms with E-state index in [1.807, 2.05) is 38.4 Å². The number of aromatic nitrogens is 6. The van der Waals surface area contributed by atoms with E-state index in [1.54, 1.807) is 24.3 Å². The number of rotatable bonds is 9. The third-order valence-corrected chi connectivity index (χ3v) is 12.4. The van der Waals surface area contributed by atoms with Crippen LogP contribution >= 0.6 is 11.6 Å². The second kappa shape index (κ2) is 22.0. The highest BCUT2D eigenvalue weighted by Crippen LogP contribution is 2.26. The number of halogens is 1. The van der Waals surface area contributed by atoms with Crippen molar-refractivity contribution in [3.05, 3.63) is 120 Å². The zero-order valence-electron chi connectivity index (χ0n) is 38.0. The Labute approximate surface area is 392 Å². The van der Waals surface area contributed by atoms with Crippen LogP contribution in [0.2, 0.25) is 5.15 Å². The smallest absolute Gasteiger partial charge is 0.260 e. The number of nitrogens with one attached hydrogen (secondary N) is 3. The fourth-order valence-electron chi connectivity index (χ4n) is 8.74. The van der Waals surface area contributed by atoms with Crippen molar-refractivity contribution in [2.45, 2.75) is 52.6 Å². The lowest BCUT2D eigenvalue weighted by atomic mass is 10.1. The summed E-state index contributed by atoms with van der Waals surface area (Å²) in [4.78, 5) is 80.2. The number of aromatic amines is 2. The zero-order chi connectivity index (χ0) is 46.9. The maximum absolute atomic E-state index is 13.4. The minimum Gasteiger partial charge on any atom is -0.379 e. The number of morpholine rings is 2. The molecule has 2 amide bonds. The molecule has 6 aromatic rings. The zero-order valence-corrected chi connectivity index (χ0v) is 38.7. The van der Waals surface area contributed by atoms with Crippen LogP contribution in [0.4, 0.5) is 17.5 Å². The first kappa shape index (κ1) is 47.2. The summed E-state index contributed by atoms with van der Waals surface area (Å²) in [6.45, 7) is 15.5. The third kappa shape index (κ3) is 12.2. The molecule has 10 rings (SSSR count). The fourth-order valence-corrected chi connectivity index (χ4v) is 8.89. The minimum atomic E-state index is -0.395. The molecule has 18 nitrogen and oxygen atoms in total. The van der Waals surface area contributed by atoms with Gasteiger partial charge in [-0.1, -0.05) is 11.6 Å². The van der Waals surface area contributed by atoms with Crippen LogP contribution in [-0.4, -0.2) is 130 Å². The first-order chi connectivity index (χ1) is 32.5. The quantitative estimate of drug-likeness (QED) is 0.143. The number of fused-ring (bicyclic) bond motifs is 2. The number of aryl methyl sites for hydroxylation is 2. The van der Waals surface area contributed by atoms with Gasteiger partial charge < -0.3 is 40.3 Å². The maximum atomic E-state index is 13.4. The number of amides is 2. The van der Waals surface area contributed by atoms with Gasteiger partial charge in [-0.25, -0.2) is 19.9 Å². The lowest BCUT2D eigenvalue weighted by Crippen LogP contribution is -2.35. The number of carbonyl (C=O) groups excluding carboxylic acids is 2. The predicted molar refractivity (Wildman–Crippen MR) is 259 cm³/mol. The average Bonchev–Trinajstić information content (AvgIpc) is 4.07. The molecule has 0 aliphatic carbocycles. The van der Waals surface area contributed by atoms with Crippen LogP contribution in [0.3, 0.4) is 0 Å². The van der Waals surface area contributed by atoms with Crippen LogP contribution < -0.4 is 32.0 Å². The van der Waals surface area contributed by atoms with Crippen molar-refractivity contribution < 1.29 is 19.1 Å². The number of anilines is 3. The van der Waals surface area contributed by atoms with E-state index in [0.29, 0.717) is 33.1 Å². The van der Waals surface area contributed by atoms with Crippen LogP contribution in [0.1, 0.15) is 68.7 Å². The van der Waals surface area contributed by atoms with Gasteiger partial charge in [0.05, 0.1) is 59.6 Å². The lowest BCUT2D eigenvalue weighted by Gasteiger charge is -2.27. The van der Waals surface area contributed by atoms with Crippen molar-refractivity contribution >= 4 is 62.9 Å². The highest BCUT2D eigenvalue weighted by molar-refractivity contribution is 6.29. The van der Waals surface area contributed by atoms with Crippen LogP contribution in [0.5, 0.6) is 0 Å². The summed E-state index contributed by atoms with van der Waals surface area (Å²) >= 11 is 5.73. The summed E-state index contributed by atoms with van der Waals surface area (Å²) in [5, 5.41) is 3.38. The van der Waals surface area contributed by atoms with Gasteiger partial charge in [0.1, 0.15) is 22.6 Å². The van der Waals surface area contributed by atoms with Gasteiger partial charge >= 0.3 is 0 Å². The van der Waals surface area contributed by atoms with E-state index in [1.165, 1.54) is 12.1 Å². The van der Waals surface area contributed by atoms with Crippen molar-refractivity contribution in [1.82, 2.24) is 39.7 Å². The Hall–Kier alpha value is -6.31. The summed E-state index contributed by atoms with van der Waals surface area (Å²) in [6, 6.07) is 13.7. The number of ether oxygens (including phenoxy) is 2. The Morgan fingerprint density at radius 3 is 1.63 bits per heavy atom. The molecular weight excluding hydrogens is 876 g/mol. The van der Waals surface area contributed by atoms with Gasteiger partial charge in [-0.05, 0) is 98.2 Å². The SMILES string of the molecule is Cc1cc(=O)[nH]c2ccc(Cl)nc12.Cc1cc(=O)[nH]c2ccc(NC(=O)c3cc(CN4CCOCC4)cnc3N3CCCC3)nc12.NC(=O)c1cc(CN2CCOCC2)cnc1N1CCCC1. The molecule has 352 valence electrons. The van der Waals surface area contributed by atoms with Crippen molar-refractivity contribution in [1.29, 1.82) is 0 Å². The van der Waals surface area contributed by atoms with Crippen molar-refractivity contribution in [3.63, 3.8) is 0 Å². The van der Waals surface area contributed by atoms with Crippen LogP contribution in [-0.2, 0) is 22.6 Å². The highest BCUT2D eigenvalue weighted by atomic mass is 35.5. The first-order valence-electron chi connectivity index (χ1n) is 22.8. The maximum Gasteiger partial charge on any atom is 0.260 e. The molecule has 0 aromatic carbocycles. The Morgan fingerprint density at radius 2 is 1.12 bits per heavy atom. The monoisotopic (exact) mass is 932 g/mol. The number of H-pyrrole nitrogens is 2. The van der Waals surface area contributed by atoms with Gasteiger partial charge in [-0.2, -0.15) is 0 Å². The molecule has 5 N–H and O–H groups in total. The Balaban J connectivity index is 0.000000152. The van der Waals surface area contributed by atoms with Crippen molar-refractivity contribution in [2.24, 2.45) is 5.73 Å². The van der Waals surface area contributed by atoms with Crippen LogP contribution in [0.15, 0.2) is 70.5 Å². The van der Waals surface area contributed by atoms with Gasteiger partial charge in [0.2, 0.25) is 11.1 Å². The third-order valence-electron chi connectivity index (χ3n) is 12.1. The molecule has 0 saturated carbocycles. The molecule has 4 fully saturated rings. The number of carbonyl (C=O) groups is 2. The molecular formula is C48H57ClN12O6. The Kier molecular flexibility index (Phi) is 15.5. The van der Waals surface area contributed by atoms with Gasteiger partial charge in [0.15, 0.2) is 0 Å². The topological polar surface area (TPSA) is 221 Å². The average molecular weight is 934 g/mol. The number of primary amides is 1. The number of hydrogen-bond donors (Lipinski definition) is 4. The normalized spacial score (nSPS) is 16.6. The van der Waals surface area contributed by atoms with Gasteiger partial charge in [0.25, 0.3) is 11.8 Å². The molecule has 10 heterocycles. The molecule has 0 atom stereocenters. The van der Waals surface area contributed by atoms with Crippen molar-refractivity contribution in [2.75, 3.05) is 93.9 Å². The number of hydrogen-bond acceptors (Lipinski definition) is 14. The lowest BCUT2D eigenvalue weighted by molar-refractivity contribution is 0.0341. The Bertz CT molecular complexity index is 2830. The number of pyridine rings is 6. The summed E-state index contributed by atoms with van der Waals surface area (Å²) in [6.07, 6.45) is 8.25. The standard InChI is InChI=1S/C24H28N6O3.C15H22N4O2.C9H7ClN2O/c1-16-12-21(31)26-19-4-5-20(27-22(16)19)28-24(32)18-13-17(15-29-8-10-33-11-9-29)14-25-23(18)30-6-2-3-7-30;16-14(20)13-9-12(11-18-5-7-21-8-6-18)10-17-15(13)19-3-1-2-4-19;1-5-4-8(13)11-6-2-3-7(10)12-9(5)6/h4-5,12-14H,2-3,6-11,15H2,1H3,(H,26,31)(H,27,28,32);9-10H,1-8,11H2,(H2,16,20);2-4H,1H3,(H,11,13). The van der Waals surface area contributed by atoms with Crippen LogP contribution in [0.25, 0.3) is 22.1 Å². The van der Waals surface area contributed by atoms with E-state index in [9.17, 15) is 19.2 Å². The summed E-state index contributed by atoms with van der Waals surface area (Å²) in [5.74, 6) is 1.27. The largest absolute Gasteiger partial charge is 0.379 e. The molecule has 0 bridgehead atoms. The molecule has 4 aliphatic heterocycles. The second-order valence-electron chi connectivity index (χ2n) is 17.2. The summed E-state index contributed by atoms with van der Waals surface area (Å²) < 4.78 is 10.8. The van der Waals surface area contributed by atoms with Gasteiger partial charge in [0, 0.05) is 90.0 Å². The van der Waals surface area contributed by atoms with E-state index >= 15 is 0 Å². The molecule has 4 aliphatic rings. The number of nitrogens with two attached hydrogens (primary N) is 1. The fraction of sp³-hybridized carbons (Fsp3) is 0.417. The van der Waals surface area contributed by atoms with E-state index in [2.05, 4.69) is 49.8 Å². The predicted octanol–water partition coefficient (Wildman–Crippen LogP) is 4.81. The van der Waals surface area contributed by atoms with E-state index < -0.39 is 5.91 Å². The second-order valence-corrected chi connectivity index (χ2v) is 17.6.